The summed E-state index contributed by atoms with van der Waals surface area (Å²) in [7, 11) is 0. The van der Waals surface area contributed by atoms with Crippen LogP contribution in [0.15, 0.2) is 22.0 Å². The smallest absolute Gasteiger partial charge is 0.180 e. The monoisotopic (exact) mass is 304 g/mol. The highest BCUT2D eigenvalue weighted by atomic mass is 79.9. The molecule has 0 unspecified atom stereocenters. The standard InChI is InChI=1S/C10H7BrF2N2S/c11-7-3-9(13)8(12)2-5(7)1-6-4-16-10(14)15-6/h2-4H,1H2,(H2,14,15). The molecule has 0 spiro atoms. The number of nitrogens with two attached hydrogens (primary N) is 1. The summed E-state index contributed by atoms with van der Waals surface area (Å²) in [6.45, 7) is 0. The number of rotatable bonds is 2. The van der Waals surface area contributed by atoms with Crippen LogP contribution in [0.3, 0.4) is 0 Å². The highest BCUT2D eigenvalue weighted by Gasteiger charge is 2.10. The van der Waals surface area contributed by atoms with Gasteiger partial charge in [-0.2, -0.15) is 0 Å². The predicted octanol–water partition coefficient (Wildman–Crippen LogP) is 3.36. The molecule has 2 N–H and O–H groups in total. The summed E-state index contributed by atoms with van der Waals surface area (Å²) in [5.74, 6) is -1.73. The molecule has 6 heteroatoms. The first kappa shape index (κ1) is 11.5. The third-order valence-corrected chi connectivity index (χ3v) is 3.49. The fourth-order valence-electron chi connectivity index (χ4n) is 1.30. The average molecular weight is 305 g/mol. The molecule has 0 bridgehead atoms. The lowest BCUT2D eigenvalue weighted by Gasteiger charge is -2.03. The fourth-order valence-corrected chi connectivity index (χ4v) is 2.32. The average Bonchev–Trinajstić information content (AvgIpc) is 2.60. The van der Waals surface area contributed by atoms with Gasteiger partial charge in [0.05, 0.1) is 5.69 Å². The first-order valence-corrected chi connectivity index (χ1v) is 6.07. The van der Waals surface area contributed by atoms with Gasteiger partial charge >= 0.3 is 0 Å². The lowest BCUT2D eigenvalue weighted by atomic mass is 10.1. The number of thiazole rings is 1. The Morgan fingerprint density at radius 3 is 2.62 bits per heavy atom. The van der Waals surface area contributed by atoms with Crippen molar-refractivity contribution in [2.45, 2.75) is 6.42 Å². The zero-order chi connectivity index (χ0) is 11.7. The minimum atomic E-state index is -0.867. The molecule has 16 heavy (non-hydrogen) atoms. The van der Waals surface area contributed by atoms with Gasteiger partial charge < -0.3 is 5.73 Å². The fraction of sp³-hybridized carbons (Fsp3) is 0.100. The predicted molar refractivity (Wildman–Crippen MR) is 63.4 cm³/mol. The lowest BCUT2D eigenvalue weighted by molar-refractivity contribution is 0.506. The summed E-state index contributed by atoms with van der Waals surface area (Å²) in [6.07, 6.45) is 0.422. The van der Waals surface area contributed by atoms with Crippen LogP contribution in [-0.2, 0) is 6.42 Å². The summed E-state index contributed by atoms with van der Waals surface area (Å²) in [4.78, 5) is 4.06. The zero-order valence-electron chi connectivity index (χ0n) is 8.01. The van der Waals surface area contributed by atoms with Crippen LogP contribution in [0.25, 0.3) is 0 Å². The van der Waals surface area contributed by atoms with Gasteiger partial charge in [-0.1, -0.05) is 15.9 Å². The molecule has 0 aliphatic rings. The van der Waals surface area contributed by atoms with Crippen LogP contribution in [0.1, 0.15) is 11.3 Å². The van der Waals surface area contributed by atoms with Crippen molar-refractivity contribution in [2.24, 2.45) is 0 Å². The second kappa shape index (κ2) is 4.47. The van der Waals surface area contributed by atoms with E-state index in [2.05, 4.69) is 20.9 Å². The summed E-state index contributed by atoms with van der Waals surface area (Å²) in [5.41, 5.74) is 6.87. The van der Waals surface area contributed by atoms with Crippen LogP contribution in [0, 0.1) is 11.6 Å². The van der Waals surface area contributed by atoms with E-state index in [-0.39, 0.29) is 0 Å². The van der Waals surface area contributed by atoms with Crippen molar-refractivity contribution in [3.63, 3.8) is 0 Å². The van der Waals surface area contributed by atoms with Gasteiger partial charge in [0.15, 0.2) is 16.8 Å². The van der Waals surface area contributed by atoms with E-state index in [1.165, 1.54) is 11.3 Å². The summed E-state index contributed by atoms with van der Waals surface area (Å²) in [6, 6.07) is 2.27. The van der Waals surface area contributed by atoms with Gasteiger partial charge in [0, 0.05) is 16.3 Å². The second-order valence-corrected chi connectivity index (χ2v) is 4.96. The number of nitrogens with zero attached hydrogens (tertiary/aromatic N) is 1. The van der Waals surface area contributed by atoms with Gasteiger partial charge in [0.25, 0.3) is 0 Å². The van der Waals surface area contributed by atoms with Crippen LogP contribution in [-0.4, -0.2) is 4.98 Å². The molecule has 1 aromatic heterocycles. The van der Waals surface area contributed by atoms with E-state index in [1.807, 2.05) is 0 Å². The topological polar surface area (TPSA) is 38.9 Å². The molecule has 2 nitrogen and oxygen atoms in total. The van der Waals surface area contributed by atoms with Crippen LogP contribution in [0.2, 0.25) is 0 Å². The molecule has 0 atom stereocenters. The Hall–Kier alpha value is -1.01. The molecule has 0 aliphatic heterocycles. The molecule has 0 aliphatic carbocycles. The maximum atomic E-state index is 13.0. The van der Waals surface area contributed by atoms with Crippen LogP contribution in [0.5, 0.6) is 0 Å². The molecular formula is C10H7BrF2N2S. The Balaban J connectivity index is 2.31. The van der Waals surface area contributed by atoms with Gasteiger partial charge in [0.2, 0.25) is 0 Å². The van der Waals surface area contributed by atoms with Gasteiger partial charge in [-0.3, -0.25) is 0 Å². The Morgan fingerprint density at radius 2 is 2.00 bits per heavy atom. The van der Waals surface area contributed by atoms with Crippen molar-refractivity contribution in [1.29, 1.82) is 0 Å². The minimum Gasteiger partial charge on any atom is -0.375 e. The van der Waals surface area contributed by atoms with Crippen molar-refractivity contribution in [1.82, 2.24) is 4.98 Å². The Bertz CT molecular complexity index is 528. The molecule has 1 aromatic carbocycles. The van der Waals surface area contributed by atoms with E-state index in [0.29, 0.717) is 21.6 Å². The van der Waals surface area contributed by atoms with E-state index >= 15 is 0 Å². The summed E-state index contributed by atoms with van der Waals surface area (Å²) in [5, 5.41) is 2.26. The Morgan fingerprint density at radius 1 is 1.31 bits per heavy atom. The third-order valence-electron chi connectivity index (χ3n) is 2.03. The van der Waals surface area contributed by atoms with E-state index in [9.17, 15) is 8.78 Å². The highest BCUT2D eigenvalue weighted by Crippen LogP contribution is 2.24. The van der Waals surface area contributed by atoms with Crippen LogP contribution < -0.4 is 5.73 Å². The first-order chi connectivity index (χ1) is 7.56. The number of nitrogen functional groups attached to an aromatic ring is 1. The Labute approximate surface area is 103 Å². The van der Waals surface area contributed by atoms with E-state index in [1.54, 1.807) is 5.38 Å². The molecule has 1 heterocycles. The number of halogens is 3. The molecule has 0 amide bonds. The largest absolute Gasteiger partial charge is 0.375 e. The molecular weight excluding hydrogens is 298 g/mol. The Kier molecular flexibility index (Phi) is 3.20. The number of hydrogen-bond acceptors (Lipinski definition) is 3. The summed E-state index contributed by atoms with van der Waals surface area (Å²) < 4.78 is 26.4. The van der Waals surface area contributed by atoms with Gasteiger partial charge in [-0.25, -0.2) is 13.8 Å². The van der Waals surface area contributed by atoms with Crippen molar-refractivity contribution in [3.8, 4) is 0 Å². The minimum absolute atomic E-state index is 0.422. The number of aromatic nitrogens is 1. The molecule has 0 radical (unpaired) electrons. The third kappa shape index (κ3) is 2.38. The molecule has 0 saturated heterocycles. The molecule has 84 valence electrons. The van der Waals surface area contributed by atoms with E-state index in [0.717, 1.165) is 17.8 Å². The number of hydrogen-bond donors (Lipinski definition) is 1. The van der Waals surface area contributed by atoms with Gasteiger partial charge in [-0.05, 0) is 17.7 Å². The maximum Gasteiger partial charge on any atom is 0.180 e. The maximum absolute atomic E-state index is 13.0. The van der Waals surface area contributed by atoms with Crippen LogP contribution >= 0.6 is 27.3 Å². The van der Waals surface area contributed by atoms with Gasteiger partial charge in [-0.15, -0.1) is 11.3 Å². The number of anilines is 1. The molecule has 0 saturated carbocycles. The summed E-state index contributed by atoms with van der Waals surface area (Å²) >= 11 is 4.50. The van der Waals surface area contributed by atoms with Crippen molar-refractivity contribution >= 4 is 32.4 Å². The lowest BCUT2D eigenvalue weighted by Crippen LogP contribution is -1.94. The van der Waals surface area contributed by atoms with Crippen molar-refractivity contribution in [3.05, 3.63) is 44.9 Å². The van der Waals surface area contributed by atoms with E-state index in [4.69, 9.17) is 5.73 Å². The van der Waals surface area contributed by atoms with Gasteiger partial charge in [0.1, 0.15) is 0 Å². The molecule has 0 fully saturated rings. The normalized spacial score (nSPS) is 10.7. The van der Waals surface area contributed by atoms with Crippen molar-refractivity contribution < 1.29 is 8.78 Å². The molecule has 2 aromatic rings. The SMILES string of the molecule is Nc1nc(Cc2cc(F)c(F)cc2Br)cs1. The van der Waals surface area contributed by atoms with E-state index < -0.39 is 11.6 Å². The quantitative estimate of drug-likeness (QED) is 0.864. The van der Waals surface area contributed by atoms with Crippen LogP contribution in [0.4, 0.5) is 13.9 Å². The molecule has 2 rings (SSSR count). The second-order valence-electron chi connectivity index (χ2n) is 3.21. The van der Waals surface area contributed by atoms with Crippen molar-refractivity contribution in [2.75, 3.05) is 5.73 Å². The first-order valence-electron chi connectivity index (χ1n) is 4.39. The highest BCUT2D eigenvalue weighted by molar-refractivity contribution is 9.10. The zero-order valence-corrected chi connectivity index (χ0v) is 10.4. The number of benzene rings is 1.